The smallest absolute Gasteiger partial charge is 0.317 e. The van der Waals surface area contributed by atoms with Gasteiger partial charge in [-0.15, -0.1) is 0 Å². The lowest BCUT2D eigenvalue weighted by atomic mass is 10.1. The van der Waals surface area contributed by atoms with E-state index in [4.69, 9.17) is 13.9 Å². The molecule has 1 N–H and O–H groups in total. The van der Waals surface area contributed by atoms with Gasteiger partial charge in [0.1, 0.15) is 23.9 Å². The molecule has 28 heavy (non-hydrogen) atoms. The third kappa shape index (κ3) is 4.31. The Morgan fingerprint density at radius 1 is 1.11 bits per heavy atom. The number of urea groups is 1. The number of nitrogens with zero attached hydrogens (tertiary/aromatic N) is 2. The first-order valence-corrected chi connectivity index (χ1v) is 9.82. The second-order valence-electron chi connectivity index (χ2n) is 7.18. The summed E-state index contributed by atoms with van der Waals surface area (Å²) in [6, 6.07) is 11.8. The SMILES string of the molecule is Cc1ccc([C@@H](CNC(=O)N2CCOc3ccccc3C2)N2CCOCC2)o1. The van der Waals surface area contributed by atoms with Crippen LogP contribution >= 0.6 is 0 Å². The second kappa shape index (κ2) is 8.67. The lowest BCUT2D eigenvalue weighted by Crippen LogP contribution is -2.47. The summed E-state index contributed by atoms with van der Waals surface area (Å²) in [5.41, 5.74) is 1.03. The molecule has 0 unspecified atom stereocenters. The van der Waals surface area contributed by atoms with Crippen LogP contribution in [0.4, 0.5) is 4.79 Å². The van der Waals surface area contributed by atoms with Crippen molar-refractivity contribution in [2.24, 2.45) is 0 Å². The number of hydrogen-bond acceptors (Lipinski definition) is 5. The minimum absolute atomic E-state index is 0.00272. The Kier molecular flexibility index (Phi) is 5.83. The normalized spacial score (nSPS) is 18.7. The van der Waals surface area contributed by atoms with Crippen molar-refractivity contribution >= 4 is 6.03 Å². The van der Waals surface area contributed by atoms with Crippen LogP contribution in [0, 0.1) is 6.92 Å². The first-order valence-electron chi connectivity index (χ1n) is 9.82. The molecule has 1 atom stereocenters. The van der Waals surface area contributed by atoms with Crippen molar-refractivity contribution in [1.29, 1.82) is 0 Å². The van der Waals surface area contributed by atoms with Gasteiger partial charge in [0.15, 0.2) is 0 Å². The number of hydrogen-bond donors (Lipinski definition) is 1. The monoisotopic (exact) mass is 385 g/mol. The van der Waals surface area contributed by atoms with E-state index < -0.39 is 0 Å². The van der Waals surface area contributed by atoms with Gasteiger partial charge in [0.05, 0.1) is 32.3 Å². The highest BCUT2D eigenvalue weighted by atomic mass is 16.5. The number of rotatable bonds is 4. The number of nitrogens with one attached hydrogen (secondary N) is 1. The Balaban J connectivity index is 1.42. The van der Waals surface area contributed by atoms with Crippen LogP contribution in [0.1, 0.15) is 23.1 Å². The lowest BCUT2D eigenvalue weighted by molar-refractivity contribution is 0.0119. The highest BCUT2D eigenvalue weighted by Gasteiger charge is 2.27. The van der Waals surface area contributed by atoms with Gasteiger partial charge in [0, 0.05) is 25.2 Å². The summed E-state index contributed by atoms with van der Waals surface area (Å²) in [4.78, 5) is 17.0. The summed E-state index contributed by atoms with van der Waals surface area (Å²) in [7, 11) is 0. The Bertz CT molecular complexity index is 800. The molecule has 0 bridgehead atoms. The molecule has 7 nitrogen and oxygen atoms in total. The Labute approximate surface area is 165 Å². The van der Waals surface area contributed by atoms with Crippen LogP contribution in [0.15, 0.2) is 40.8 Å². The molecule has 0 saturated carbocycles. The zero-order valence-corrected chi connectivity index (χ0v) is 16.2. The number of fused-ring (bicyclic) bond motifs is 1. The van der Waals surface area contributed by atoms with Crippen molar-refractivity contribution in [2.45, 2.75) is 19.5 Å². The van der Waals surface area contributed by atoms with Crippen LogP contribution in [-0.4, -0.2) is 61.8 Å². The van der Waals surface area contributed by atoms with Gasteiger partial charge in [0.25, 0.3) is 0 Å². The van der Waals surface area contributed by atoms with Gasteiger partial charge < -0.3 is 24.1 Å². The molecule has 1 fully saturated rings. The van der Waals surface area contributed by atoms with E-state index in [9.17, 15) is 4.79 Å². The van der Waals surface area contributed by atoms with E-state index in [-0.39, 0.29) is 12.1 Å². The van der Waals surface area contributed by atoms with E-state index in [0.29, 0.717) is 39.5 Å². The summed E-state index contributed by atoms with van der Waals surface area (Å²) >= 11 is 0. The quantitative estimate of drug-likeness (QED) is 0.876. The predicted octanol–water partition coefficient (Wildman–Crippen LogP) is 2.57. The zero-order chi connectivity index (χ0) is 19.3. The Morgan fingerprint density at radius 2 is 1.93 bits per heavy atom. The standard InChI is InChI=1S/C21H27N3O4/c1-16-6-7-20(28-16)18(23-8-11-26-12-9-23)14-22-21(25)24-10-13-27-19-5-3-2-4-17(19)15-24/h2-7,18H,8-15H2,1H3,(H,22,25)/t18-/m1/s1. The van der Waals surface area contributed by atoms with E-state index in [1.54, 1.807) is 4.90 Å². The molecule has 1 aromatic carbocycles. The van der Waals surface area contributed by atoms with Crippen LogP contribution in [0.25, 0.3) is 0 Å². The molecule has 2 aromatic rings. The van der Waals surface area contributed by atoms with Crippen molar-refractivity contribution in [1.82, 2.24) is 15.1 Å². The minimum atomic E-state index is -0.0816. The van der Waals surface area contributed by atoms with Gasteiger partial charge in [-0.2, -0.15) is 0 Å². The Morgan fingerprint density at radius 3 is 2.71 bits per heavy atom. The fraction of sp³-hybridized carbons (Fsp3) is 0.476. The molecule has 3 heterocycles. The number of morpholine rings is 1. The molecule has 1 saturated heterocycles. The molecule has 0 aliphatic carbocycles. The molecule has 2 aliphatic heterocycles. The number of amides is 2. The maximum Gasteiger partial charge on any atom is 0.317 e. The van der Waals surface area contributed by atoms with Gasteiger partial charge >= 0.3 is 6.03 Å². The van der Waals surface area contributed by atoms with Crippen molar-refractivity contribution in [3.05, 3.63) is 53.5 Å². The van der Waals surface area contributed by atoms with Gasteiger partial charge in [-0.1, -0.05) is 18.2 Å². The summed E-state index contributed by atoms with van der Waals surface area (Å²) in [5.74, 6) is 2.61. The molecule has 4 rings (SSSR count). The van der Waals surface area contributed by atoms with Crippen molar-refractivity contribution in [3.63, 3.8) is 0 Å². The maximum atomic E-state index is 12.9. The highest BCUT2D eigenvalue weighted by Crippen LogP contribution is 2.24. The Hall–Kier alpha value is -2.51. The van der Waals surface area contributed by atoms with Gasteiger partial charge in [-0.3, -0.25) is 4.90 Å². The molecule has 7 heteroatoms. The molecular weight excluding hydrogens is 358 g/mol. The fourth-order valence-electron chi connectivity index (χ4n) is 3.73. The zero-order valence-electron chi connectivity index (χ0n) is 16.2. The molecule has 2 aliphatic rings. The highest BCUT2D eigenvalue weighted by molar-refractivity contribution is 5.74. The average molecular weight is 385 g/mol. The number of aryl methyl sites for hydroxylation is 1. The van der Waals surface area contributed by atoms with Crippen molar-refractivity contribution in [2.75, 3.05) is 46.0 Å². The summed E-state index contributed by atoms with van der Waals surface area (Å²) < 4.78 is 17.1. The van der Waals surface area contributed by atoms with E-state index in [2.05, 4.69) is 10.2 Å². The summed E-state index contributed by atoms with van der Waals surface area (Å²) in [6.45, 7) is 7.07. The first-order chi connectivity index (χ1) is 13.7. The number of ether oxygens (including phenoxy) is 2. The van der Waals surface area contributed by atoms with E-state index in [0.717, 1.165) is 35.9 Å². The third-order valence-corrected chi connectivity index (χ3v) is 5.26. The molecule has 0 radical (unpaired) electrons. The number of carbonyl (C=O) groups excluding carboxylic acids is 1. The van der Waals surface area contributed by atoms with Crippen molar-refractivity contribution in [3.8, 4) is 5.75 Å². The third-order valence-electron chi connectivity index (χ3n) is 5.26. The van der Waals surface area contributed by atoms with E-state index in [1.807, 2.05) is 43.3 Å². The van der Waals surface area contributed by atoms with Gasteiger partial charge in [-0.05, 0) is 25.1 Å². The number of para-hydroxylation sites is 1. The van der Waals surface area contributed by atoms with Crippen molar-refractivity contribution < 1.29 is 18.7 Å². The molecular formula is C21H27N3O4. The average Bonchev–Trinajstić information content (AvgIpc) is 3.03. The van der Waals surface area contributed by atoms with Crippen LogP contribution in [0.3, 0.4) is 0 Å². The largest absolute Gasteiger partial charge is 0.491 e. The maximum absolute atomic E-state index is 12.9. The minimum Gasteiger partial charge on any atom is -0.491 e. The van der Waals surface area contributed by atoms with Crippen LogP contribution in [0.5, 0.6) is 5.75 Å². The lowest BCUT2D eigenvalue weighted by Gasteiger charge is -2.34. The molecule has 1 aromatic heterocycles. The van der Waals surface area contributed by atoms with Crippen LogP contribution < -0.4 is 10.1 Å². The number of furan rings is 1. The first kappa shape index (κ1) is 18.8. The fourth-order valence-corrected chi connectivity index (χ4v) is 3.73. The number of carbonyl (C=O) groups is 1. The van der Waals surface area contributed by atoms with Gasteiger partial charge in [0.2, 0.25) is 0 Å². The molecule has 0 spiro atoms. The summed E-state index contributed by atoms with van der Waals surface area (Å²) in [5, 5.41) is 3.11. The van der Waals surface area contributed by atoms with Crippen LogP contribution in [0.2, 0.25) is 0 Å². The van der Waals surface area contributed by atoms with E-state index in [1.165, 1.54) is 0 Å². The molecule has 2 amide bonds. The predicted molar refractivity (Wildman–Crippen MR) is 104 cm³/mol. The van der Waals surface area contributed by atoms with Gasteiger partial charge in [-0.25, -0.2) is 4.79 Å². The second-order valence-corrected chi connectivity index (χ2v) is 7.18. The summed E-state index contributed by atoms with van der Waals surface area (Å²) in [6.07, 6.45) is 0. The number of benzene rings is 1. The topological polar surface area (TPSA) is 67.2 Å². The molecule has 150 valence electrons. The van der Waals surface area contributed by atoms with Crippen LogP contribution in [-0.2, 0) is 11.3 Å². The van der Waals surface area contributed by atoms with E-state index >= 15 is 0 Å².